The molecule has 2 aromatic rings. The Morgan fingerprint density at radius 3 is 2.63 bits per heavy atom. The van der Waals surface area contributed by atoms with Gasteiger partial charge >= 0.3 is 0 Å². The summed E-state index contributed by atoms with van der Waals surface area (Å²) in [6.07, 6.45) is 15.8. The molecule has 0 saturated carbocycles. The molecule has 0 radical (unpaired) electrons. The molecule has 1 aliphatic rings. The molecule has 2 aromatic heterocycles. The third-order valence-corrected chi connectivity index (χ3v) is 4.84. The van der Waals surface area contributed by atoms with Crippen molar-refractivity contribution in [1.29, 1.82) is 0 Å². The van der Waals surface area contributed by atoms with Crippen molar-refractivity contribution in [2.24, 2.45) is 0 Å². The van der Waals surface area contributed by atoms with Crippen LogP contribution in [0.1, 0.15) is 48.0 Å². The molecule has 1 aliphatic carbocycles. The average molecular weight is 365 g/mol. The Bertz CT molecular complexity index is 758. The number of carbonyl (C=O) groups is 1. The molecule has 1 amide bonds. The minimum absolute atomic E-state index is 0.114. The molecule has 0 fully saturated rings. The quantitative estimate of drug-likeness (QED) is 0.728. The fraction of sp³-hybridized carbons (Fsp3) is 0.429. The van der Waals surface area contributed by atoms with E-state index >= 15 is 0 Å². The largest absolute Gasteiger partial charge is 0.352 e. The number of likely N-dealkylation sites (N-methyl/N-ethyl adjacent to an activating group) is 1. The van der Waals surface area contributed by atoms with Crippen LogP contribution in [0, 0.1) is 0 Å². The van der Waals surface area contributed by atoms with Crippen LogP contribution in [0.15, 0.2) is 48.6 Å². The minimum atomic E-state index is -0.114. The van der Waals surface area contributed by atoms with Crippen molar-refractivity contribution in [3.05, 3.63) is 59.7 Å². The topological polar surface area (TPSA) is 71.0 Å². The summed E-state index contributed by atoms with van der Waals surface area (Å²) in [5.74, 6) is 0.505. The summed E-state index contributed by atoms with van der Waals surface area (Å²) >= 11 is 0. The van der Waals surface area contributed by atoms with Gasteiger partial charge in [-0.3, -0.25) is 9.78 Å². The number of nitrogens with one attached hydrogen (secondary N) is 1. The van der Waals surface area contributed by atoms with Crippen LogP contribution in [0.25, 0.3) is 0 Å². The van der Waals surface area contributed by atoms with Gasteiger partial charge in [-0.2, -0.15) is 0 Å². The van der Waals surface area contributed by atoms with Gasteiger partial charge in [0.25, 0.3) is 5.91 Å². The fourth-order valence-corrected chi connectivity index (χ4v) is 3.15. The van der Waals surface area contributed by atoms with Gasteiger partial charge in [0, 0.05) is 44.9 Å². The van der Waals surface area contributed by atoms with E-state index in [1.54, 1.807) is 24.8 Å². The number of hydrogen-bond donors (Lipinski definition) is 1. The Kier molecular flexibility index (Phi) is 6.90. The maximum Gasteiger partial charge on any atom is 0.254 e. The van der Waals surface area contributed by atoms with E-state index in [0.29, 0.717) is 18.1 Å². The van der Waals surface area contributed by atoms with E-state index in [0.717, 1.165) is 19.4 Å². The molecule has 2 heterocycles. The van der Waals surface area contributed by atoms with Crippen molar-refractivity contribution in [2.45, 2.75) is 38.5 Å². The molecule has 1 N–H and O–H groups in total. The van der Waals surface area contributed by atoms with E-state index < -0.39 is 0 Å². The Labute approximate surface area is 160 Å². The van der Waals surface area contributed by atoms with Crippen molar-refractivity contribution in [3.63, 3.8) is 0 Å². The Morgan fingerprint density at radius 2 is 1.93 bits per heavy atom. The second-order valence-electron chi connectivity index (χ2n) is 6.91. The predicted octanol–water partition coefficient (Wildman–Crippen LogP) is 3.17. The highest BCUT2D eigenvalue weighted by Gasteiger charge is 2.10. The number of pyridine rings is 1. The summed E-state index contributed by atoms with van der Waals surface area (Å²) in [4.78, 5) is 26.9. The van der Waals surface area contributed by atoms with Gasteiger partial charge in [0.15, 0.2) is 0 Å². The lowest BCUT2D eigenvalue weighted by Crippen LogP contribution is -2.26. The Balaban J connectivity index is 1.45. The van der Waals surface area contributed by atoms with Crippen LogP contribution >= 0.6 is 0 Å². The number of allylic oxidation sites excluding steroid dienone is 1. The summed E-state index contributed by atoms with van der Waals surface area (Å²) in [5, 5.41) is 2.96. The first-order valence-electron chi connectivity index (χ1n) is 9.60. The number of anilines is 1. The van der Waals surface area contributed by atoms with E-state index in [-0.39, 0.29) is 5.91 Å². The number of amides is 1. The number of hydrogen-bond acceptors (Lipinski definition) is 5. The molecular formula is C21H27N5O. The molecule has 0 unspecified atom stereocenters. The highest BCUT2D eigenvalue weighted by atomic mass is 16.1. The highest BCUT2D eigenvalue weighted by molar-refractivity contribution is 5.93. The molecule has 0 bridgehead atoms. The van der Waals surface area contributed by atoms with Crippen molar-refractivity contribution >= 4 is 11.9 Å². The van der Waals surface area contributed by atoms with Gasteiger partial charge in [-0.15, -0.1) is 0 Å². The van der Waals surface area contributed by atoms with E-state index in [9.17, 15) is 4.79 Å². The first kappa shape index (κ1) is 19.0. The van der Waals surface area contributed by atoms with E-state index in [1.165, 1.54) is 36.8 Å². The second-order valence-corrected chi connectivity index (χ2v) is 6.91. The van der Waals surface area contributed by atoms with Gasteiger partial charge in [-0.05, 0) is 56.2 Å². The maximum absolute atomic E-state index is 12.2. The van der Waals surface area contributed by atoms with Gasteiger partial charge in [0.05, 0.1) is 5.56 Å². The molecule has 0 spiro atoms. The summed E-state index contributed by atoms with van der Waals surface area (Å²) < 4.78 is 0. The van der Waals surface area contributed by atoms with Crippen LogP contribution in [-0.4, -0.2) is 41.0 Å². The lowest BCUT2D eigenvalue weighted by atomic mass is 9.97. The van der Waals surface area contributed by atoms with Gasteiger partial charge in [-0.25, -0.2) is 9.97 Å². The molecular weight excluding hydrogens is 338 g/mol. The fourth-order valence-electron chi connectivity index (χ4n) is 3.15. The molecule has 0 saturated heterocycles. The average Bonchev–Trinajstić information content (AvgIpc) is 2.73. The van der Waals surface area contributed by atoms with Crippen molar-refractivity contribution in [1.82, 2.24) is 20.3 Å². The third-order valence-electron chi connectivity index (χ3n) is 4.84. The van der Waals surface area contributed by atoms with Crippen molar-refractivity contribution in [3.8, 4) is 0 Å². The predicted molar refractivity (Wildman–Crippen MR) is 107 cm³/mol. The summed E-state index contributed by atoms with van der Waals surface area (Å²) in [5.41, 5.74) is 3.18. The first-order chi connectivity index (χ1) is 13.2. The van der Waals surface area contributed by atoms with Crippen molar-refractivity contribution in [2.75, 3.05) is 25.0 Å². The van der Waals surface area contributed by atoms with Gasteiger partial charge in [-0.1, -0.05) is 11.6 Å². The SMILES string of the molecule is CN(CCc1ccncc1)c1ncc(C(=O)NCCC2=CCCCC2)cn1. The van der Waals surface area contributed by atoms with Gasteiger partial charge < -0.3 is 10.2 Å². The molecule has 3 rings (SSSR count). The second kappa shape index (κ2) is 9.80. The zero-order valence-electron chi connectivity index (χ0n) is 15.9. The van der Waals surface area contributed by atoms with E-state index in [2.05, 4.69) is 26.3 Å². The molecule has 6 heteroatoms. The lowest BCUT2D eigenvalue weighted by molar-refractivity contribution is 0.0953. The third kappa shape index (κ3) is 5.88. The minimum Gasteiger partial charge on any atom is -0.352 e. The van der Waals surface area contributed by atoms with Crippen LogP contribution in [0.5, 0.6) is 0 Å². The van der Waals surface area contributed by atoms with Crippen LogP contribution in [0.2, 0.25) is 0 Å². The maximum atomic E-state index is 12.2. The lowest BCUT2D eigenvalue weighted by Gasteiger charge is -2.17. The molecule has 142 valence electrons. The smallest absolute Gasteiger partial charge is 0.254 e. The normalized spacial score (nSPS) is 13.7. The molecule has 0 atom stereocenters. The van der Waals surface area contributed by atoms with Gasteiger partial charge in [0.1, 0.15) is 0 Å². The number of carbonyl (C=O) groups excluding carboxylic acids is 1. The monoisotopic (exact) mass is 365 g/mol. The Hall–Kier alpha value is -2.76. The van der Waals surface area contributed by atoms with Crippen LogP contribution < -0.4 is 10.2 Å². The standard InChI is InChI=1S/C21H27N5O/c1-26(14-10-18-7-11-22-12-8-18)21-24-15-19(16-25-21)20(27)23-13-9-17-5-3-2-4-6-17/h5,7-8,11-12,15-16H,2-4,6,9-10,13-14H2,1H3,(H,23,27). The summed E-state index contributed by atoms with van der Waals surface area (Å²) in [6.45, 7) is 1.46. The summed E-state index contributed by atoms with van der Waals surface area (Å²) in [7, 11) is 1.95. The van der Waals surface area contributed by atoms with Crippen LogP contribution in [0.4, 0.5) is 5.95 Å². The highest BCUT2D eigenvalue weighted by Crippen LogP contribution is 2.19. The van der Waals surface area contributed by atoms with E-state index in [1.807, 2.05) is 24.1 Å². The number of aromatic nitrogens is 3. The zero-order valence-corrected chi connectivity index (χ0v) is 15.9. The van der Waals surface area contributed by atoms with E-state index in [4.69, 9.17) is 0 Å². The zero-order chi connectivity index (χ0) is 18.9. The van der Waals surface area contributed by atoms with Crippen molar-refractivity contribution < 1.29 is 4.79 Å². The first-order valence-corrected chi connectivity index (χ1v) is 9.60. The Morgan fingerprint density at radius 1 is 1.15 bits per heavy atom. The number of nitrogens with zero attached hydrogens (tertiary/aromatic N) is 4. The molecule has 6 nitrogen and oxygen atoms in total. The molecule has 27 heavy (non-hydrogen) atoms. The summed E-state index contributed by atoms with van der Waals surface area (Å²) in [6, 6.07) is 4.01. The molecule has 0 aliphatic heterocycles. The number of rotatable bonds is 8. The van der Waals surface area contributed by atoms with Crippen LogP contribution in [-0.2, 0) is 6.42 Å². The van der Waals surface area contributed by atoms with Crippen LogP contribution in [0.3, 0.4) is 0 Å². The molecule has 0 aromatic carbocycles. The van der Waals surface area contributed by atoms with Gasteiger partial charge in [0.2, 0.25) is 5.95 Å².